The number of esters is 3. The summed E-state index contributed by atoms with van der Waals surface area (Å²) in [6, 6.07) is 0. The minimum Gasteiger partial charge on any atom is -0.462 e. The number of rotatable bonds is 57. The van der Waals surface area contributed by atoms with E-state index in [4.69, 9.17) is 14.2 Å². The van der Waals surface area contributed by atoms with E-state index in [0.717, 1.165) is 148 Å². The molecule has 0 aromatic heterocycles. The van der Waals surface area contributed by atoms with E-state index in [1.165, 1.54) is 70.6 Å². The van der Waals surface area contributed by atoms with Gasteiger partial charge in [0.05, 0.1) is 0 Å². The van der Waals surface area contributed by atoms with Crippen LogP contribution in [-0.4, -0.2) is 37.2 Å². The lowest BCUT2D eigenvalue weighted by Crippen LogP contribution is -2.30. The molecule has 0 N–H and O–H groups in total. The lowest BCUT2D eigenvalue weighted by Gasteiger charge is -2.18. The molecule has 6 nitrogen and oxygen atoms in total. The molecule has 0 bridgehead atoms. The topological polar surface area (TPSA) is 78.9 Å². The van der Waals surface area contributed by atoms with Gasteiger partial charge in [-0.15, -0.1) is 0 Å². The van der Waals surface area contributed by atoms with E-state index in [1.807, 2.05) is 0 Å². The molecule has 0 aliphatic carbocycles. The number of unbranched alkanes of at least 4 members (excludes halogenated alkanes) is 18. The van der Waals surface area contributed by atoms with Crippen LogP contribution in [-0.2, 0) is 28.6 Å². The Kier molecular flexibility index (Phi) is 62.9. The van der Waals surface area contributed by atoms with Crippen LogP contribution in [0.5, 0.6) is 0 Å². The number of hydrogen-bond acceptors (Lipinski definition) is 6. The predicted octanol–water partition coefficient (Wildman–Crippen LogP) is 22.7. The maximum absolute atomic E-state index is 12.9. The van der Waals surface area contributed by atoms with Crippen molar-refractivity contribution >= 4 is 17.9 Å². The molecule has 0 heterocycles. The summed E-state index contributed by atoms with van der Waals surface area (Å²) in [6.07, 6.45) is 99.3. The molecule has 454 valence electrons. The largest absolute Gasteiger partial charge is 0.462 e. The van der Waals surface area contributed by atoms with Crippen LogP contribution in [0.2, 0.25) is 0 Å². The van der Waals surface area contributed by atoms with Gasteiger partial charge in [-0.05, 0) is 148 Å². The van der Waals surface area contributed by atoms with Crippen molar-refractivity contribution in [2.24, 2.45) is 0 Å². The van der Waals surface area contributed by atoms with Crippen LogP contribution in [0, 0.1) is 0 Å². The number of carbonyl (C=O) groups is 3. The second-order valence-corrected chi connectivity index (χ2v) is 20.9. The van der Waals surface area contributed by atoms with E-state index in [-0.39, 0.29) is 37.5 Å². The first-order chi connectivity index (χ1) is 40.0. The van der Waals surface area contributed by atoms with Crippen LogP contribution in [0.15, 0.2) is 170 Å². The van der Waals surface area contributed by atoms with Crippen molar-refractivity contribution in [3.05, 3.63) is 170 Å². The Balaban J connectivity index is 4.51. The fourth-order valence-corrected chi connectivity index (χ4v) is 8.37. The van der Waals surface area contributed by atoms with Gasteiger partial charge in [0, 0.05) is 19.3 Å². The molecule has 0 aromatic rings. The van der Waals surface area contributed by atoms with Gasteiger partial charge in [0.15, 0.2) is 6.10 Å². The smallest absolute Gasteiger partial charge is 0.306 e. The van der Waals surface area contributed by atoms with Crippen molar-refractivity contribution in [3.63, 3.8) is 0 Å². The summed E-state index contributed by atoms with van der Waals surface area (Å²) >= 11 is 0. The highest BCUT2D eigenvalue weighted by Gasteiger charge is 2.19. The first-order valence-corrected chi connectivity index (χ1v) is 32.6. The summed E-state index contributed by atoms with van der Waals surface area (Å²) in [5.74, 6) is -1.00. The SMILES string of the molecule is CC/C=C\C/C=C\C/C=C\C/C=C\C/C=C\C/C=C\C/C=C\CCCCCCCC(=O)OCC(COC(=O)CCC/C=C\C/C=C\C/C=C\C/C=C\C/C=C\CC)OC(=O)CCCCCCCCCCC/C=C\C/C=C\CCCCC. The first kappa shape index (κ1) is 75.8. The summed E-state index contributed by atoms with van der Waals surface area (Å²) in [7, 11) is 0. The molecule has 0 aliphatic heterocycles. The molecular formula is C75H118O6. The zero-order valence-corrected chi connectivity index (χ0v) is 52.0. The Bertz CT molecular complexity index is 1860. The Hall–Kier alpha value is -5.23. The van der Waals surface area contributed by atoms with Crippen molar-refractivity contribution in [2.45, 2.75) is 271 Å². The maximum atomic E-state index is 12.9. The zero-order valence-electron chi connectivity index (χ0n) is 52.0. The van der Waals surface area contributed by atoms with Crippen molar-refractivity contribution in [2.75, 3.05) is 13.2 Å². The predicted molar refractivity (Wildman–Crippen MR) is 352 cm³/mol. The Morgan fingerprint density at radius 2 is 0.494 bits per heavy atom. The fraction of sp³-hybridized carbons (Fsp3) is 0.587. The fourth-order valence-electron chi connectivity index (χ4n) is 8.37. The molecule has 81 heavy (non-hydrogen) atoms. The minimum atomic E-state index is -0.823. The third-order valence-electron chi connectivity index (χ3n) is 13.2. The molecule has 0 saturated heterocycles. The highest BCUT2D eigenvalue weighted by molar-refractivity contribution is 5.71. The number of hydrogen-bond donors (Lipinski definition) is 0. The molecule has 0 radical (unpaired) electrons. The number of ether oxygens (including phenoxy) is 3. The summed E-state index contributed by atoms with van der Waals surface area (Å²) in [5, 5.41) is 0. The van der Waals surface area contributed by atoms with Crippen molar-refractivity contribution < 1.29 is 28.6 Å². The maximum Gasteiger partial charge on any atom is 0.306 e. The first-order valence-electron chi connectivity index (χ1n) is 32.6. The lowest BCUT2D eigenvalue weighted by molar-refractivity contribution is -0.167. The molecule has 0 amide bonds. The Morgan fingerprint density at radius 1 is 0.259 bits per heavy atom. The third kappa shape index (κ3) is 65.5. The van der Waals surface area contributed by atoms with E-state index in [1.54, 1.807) is 0 Å². The average Bonchev–Trinajstić information content (AvgIpc) is 3.47. The lowest BCUT2D eigenvalue weighted by atomic mass is 10.1. The van der Waals surface area contributed by atoms with Crippen molar-refractivity contribution in [3.8, 4) is 0 Å². The highest BCUT2D eigenvalue weighted by Crippen LogP contribution is 2.14. The van der Waals surface area contributed by atoms with E-state index in [0.29, 0.717) is 19.3 Å². The van der Waals surface area contributed by atoms with Crippen LogP contribution >= 0.6 is 0 Å². The van der Waals surface area contributed by atoms with Gasteiger partial charge in [0.25, 0.3) is 0 Å². The van der Waals surface area contributed by atoms with E-state index >= 15 is 0 Å². The second-order valence-electron chi connectivity index (χ2n) is 20.9. The van der Waals surface area contributed by atoms with E-state index in [9.17, 15) is 14.4 Å². The van der Waals surface area contributed by atoms with Gasteiger partial charge in [0.1, 0.15) is 13.2 Å². The van der Waals surface area contributed by atoms with Gasteiger partial charge in [0.2, 0.25) is 0 Å². The summed E-state index contributed by atoms with van der Waals surface area (Å²) < 4.78 is 16.9. The Labute approximate surface area is 498 Å². The van der Waals surface area contributed by atoms with Crippen LogP contribution < -0.4 is 0 Å². The quantitative estimate of drug-likeness (QED) is 0.0261. The van der Waals surface area contributed by atoms with Gasteiger partial charge < -0.3 is 14.2 Å². The van der Waals surface area contributed by atoms with Gasteiger partial charge in [-0.1, -0.05) is 268 Å². The molecule has 6 heteroatoms. The second kappa shape index (κ2) is 67.3. The van der Waals surface area contributed by atoms with Crippen molar-refractivity contribution in [1.82, 2.24) is 0 Å². The molecule has 1 atom stereocenters. The minimum absolute atomic E-state index is 0.115. The molecule has 0 saturated carbocycles. The molecule has 0 spiro atoms. The van der Waals surface area contributed by atoms with Crippen LogP contribution in [0.3, 0.4) is 0 Å². The van der Waals surface area contributed by atoms with Gasteiger partial charge in [-0.25, -0.2) is 0 Å². The van der Waals surface area contributed by atoms with E-state index in [2.05, 4.69) is 191 Å². The molecule has 0 aliphatic rings. The molecule has 0 fully saturated rings. The van der Waals surface area contributed by atoms with Crippen molar-refractivity contribution in [1.29, 1.82) is 0 Å². The normalized spacial score (nSPS) is 13.3. The zero-order chi connectivity index (χ0) is 58.5. The summed E-state index contributed by atoms with van der Waals surface area (Å²) in [5.41, 5.74) is 0. The van der Waals surface area contributed by atoms with Gasteiger partial charge in [-0.2, -0.15) is 0 Å². The van der Waals surface area contributed by atoms with Crippen LogP contribution in [0.1, 0.15) is 265 Å². The number of allylic oxidation sites excluding steroid dienone is 28. The monoisotopic (exact) mass is 1110 g/mol. The van der Waals surface area contributed by atoms with Gasteiger partial charge in [-0.3, -0.25) is 14.4 Å². The highest BCUT2D eigenvalue weighted by atomic mass is 16.6. The van der Waals surface area contributed by atoms with Crippen LogP contribution in [0.25, 0.3) is 0 Å². The average molecular weight is 1120 g/mol. The molecule has 0 aromatic carbocycles. The Morgan fingerprint density at radius 3 is 0.802 bits per heavy atom. The summed E-state index contributed by atoms with van der Waals surface area (Å²) in [4.78, 5) is 38.4. The summed E-state index contributed by atoms with van der Waals surface area (Å²) in [6.45, 7) is 6.32. The third-order valence-corrected chi connectivity index (χ3v) is 13.2. The standard InChI is InChI=1S/C75H118O6/c1-4-7-10-13-16-19-22-25-28-31-33-34-35-36-37-38-39-40-42-44-47-50-53-56-59-62-65-68-74(77)80-71-72(70-79-73(76)67-64-61-58-55-52-49-46-43-30-27-24-21-18-15-12-9-6-3)81-75(78)69-66-63-60-57-54-51-48-45-41-32-29-26-23-20-17-14-11-8-5-2/h7,9-10,12,16-21,25-30,33-34,36-37,39-40,44,46-47,49,55,58,72H,4-6,8,11,13-15,22-24,31-32,35,38,41-43,45,48,50-54,56-57,59-71H2,1-3H3/b10-7-,12-9-,19-16-,20-17-,21-18-,28-25-,29-26-,30-27-,34-33-,37-36-,40-39-,47-44-,49-46-,58-55-. The molecular weight excluding hydrogens is 997 g/mol. The van der Waals surface area contributed by atoms with Crippen LogP contribution in [0.4, 0.5) is 0 Å². The number of carbonyl (C=O) groups excluding carboxylic acids is 3. The molecule has 1 unspecified atom stereocenters. The van der Waals surface area contributed by atoms with Gasteiger partial charge >= 0.3 is 17.9 Å². The molecule has 0 rings (SSSR count). The van der Waals surface area contributed by atoms with E-state index < -0.39 is 6.10 Å².